The standard InChI is InChI=1S/C16H19N3O2S2/c20-15(17-11-13-3-1-9-22-13)12-5-7-19(8-6-12)16(21)18-14-4-2-10-23-14/h1-4,9-10,12H,5-8,11H2,(H,17,20)(H,18,21). The number of likely N-dealkylation sites (tertiary alicyclic amines) is 1. The van der Waals surface area contributed by atoms with Gasteiger partial charge in [0.05, 0.1) is 11.5 Å². The molecule has 0 aromatic carbocycles. The van der Waals surface area contributed by atoms with Crippen LogP contribution in [0.5, 0.6) is 0 Å². The maximum absolute atomic E-state index is 12.2. The van der Waals surface area contributed by atoms with Gasteiger partial charge < -0.3 is 10.2 Å². The van der Waals surface area contributed by atoms with Gasteiger partial charge in [0, 0.05) is 23.9 Å². The zero-order valence-corrected chi connectivity index (χ0v) is 14.3. The lowest BCUT2D eigenvalue weighted by Gasteiger charge is -2.31. The van der Waals surface area contributed by atoms with Gasteiger partial charge in [-0.15, -0.1) is 22.7 Å². The van der Waals surface area contributed by atoms with E-state index in [4.69, 9.17) is 0 Å². The Balaban J connectivity index is 1.42. The van der Waals surface area contributed by atoms with Gasteiger partial charge in [0.15, 0.2) is 0 Å². The molecule has 1 fully saturated rings. The Kier molecular flexibility index (Phi) is 5.30. The fraction of sp³-hybridized carbons (Fsp3) is 0.375. The quantitative estimate of drug-likeness (QED) is 0.889. The Labute approximate surface area is 143 Å². The molecule has 3 heterocycles. The third kappa shape index (κ3) is 4.33. The second-order valence-electron chi connectivity index (χ2n) is 5.47. The first-order chi connectivity index (χ1) is 11.2. The zero-order chi connectivity index (χ0) is 16.1. The topological polar surface area (TPSA) is 61.4 Å². The van der Waals surface area contributed by atoms with Crippen LogP contribution in [0, 0.1) is 5.92 Å². The van der Waals surface area contributed by atoms with Crippen LogP contribution in [0.25, 0.3) is 0 Å². The summed E-state index contributed by atoms with van der Waals surface area (Å²) in [5.41, 5.74) is 0. The van der Waals surface area contributed by atoms with Gasteiger partial charge in [-0.25, -0.2) is 4.79 Å². The monoisotopic (exact) mass is 349 g/mol. The summed E-state index contributed by atoms with van der Waals surface area (Å²) in [5.74, 6) is 0.0949. The molecule has 7 heteroatoms. The van der Waals surface area contributed by atoms with Crippen LogP contribution < -0.4 is 10.6 Å². The lowest BCUT2D eigenvalue weighted by molar-refractivity contribution is -0.126. The van der Waals surface area contributed by atoms with Crippen molar-refractivity contribution in [3.63, 3.8) is 0 Å². The molecule has 1 aliphatic rings. The number of urea groups is 1. The zero-order valence-electron chi connectivity index (χ0n) is 12.7. The van der Waals surface area contributed by atoms with E-state index in [-0.39, 0.29) is 17.9 Å². The molecule has 0 bridgehead atoms. The van der Waals surface area contributed by atoms with Crippen LogP contribution >= 0.6 is 22.7 Å². The van der Waals surface area contributed by atoms with Gasteiger partial charge in [0.1, 0.15) is 0 Å². The van der Waals surface area contributed by atoms with E-state index in [9.17, 15) is 9.59 Å². The Morgan fingerprint density at radius 2 is 1.87 bits per heavy atom. The highest BCUT2D eigenvalue weighted by molar-refractivity contribution is 7.14. The number of nitrogens with one attached hydrogen (secondary N) is 2. The lowest BCUT2D eigenvalue weighted by Crippen LogP contribution is -2.44. The number of thiophene rings is 2. The van der Waals surface area contributed by atoms with Crippen LogP contribution in [0.1, 0.15) is 17.7 Å². The van der Waals surface area contributed by atoms with Crippen molar-refractivity contribution in [2.24, 2.45) is 5.92 Å². The molecule has 5 nitrogen and oxygen atoms in total. The first-order valence-electron chi connectivity index (χ1n) is 7.62. The van der Waals surface area contributed by atoms with Crippen LogP contribution in [0.4, 0.5) is 9.80 Å². The van der Waals surface area contributed by atoms with Crippen LogP contribution in [-0.4, -0.2) is 29.9 Å². The molecule has 2 aromatic heterocycles. The predicted molar refractivity (Wildman–Crippen MR) is 93.8 cm³/mol. The average molecular weight is 349 g/mol. The molecule has 23 heavy (non-hydrogen) atoms. The molecular weight excluding hydrogens is 330 g/mol. The van der Waals surface area contributed by atoms with E-state index in [1.807, 2.05) is 35.0 Å². The largest absolute Gasteiger partial charge is 0.351 e. The fourth-order valence-corrected chi connectivity index (χ4v) is 3.86. The molecule has 1 saturated heterocycles. The number of carbonyl (C=O) groups excluding carboxylic acids is 2. The number of carbonyl (C=O) groups is 2. The van der Waals surface area contributed by atoms with Crippen LogP contribution in [0.3, 0.4) is 0 Å². The van der Waals surface area contributed by atoms with Crippen molar-refractivity contribution in [2.45, 2.75) is 19.4 Å². The molecule has 2 N–H and O–H groups in total. The third-order valence-electron chi connectivity index (χ3n) is 3.92. The van der Waals surface area contributed by atoms with Crippen molar-refractivity contribution in [3.05, 3.63) is 39.9 Å². The summed E-state index contributed by atoms with van der Waals surface area (Å²) in [5, 5.41) is 10.7. The summed E-state index contributed by atoms with van der Waals surface area (Å²) < 4.78 is 0. The molecule has 1 aliphatic heterocycles. The second-order valence-corrected chi connectivity index (χ2v) is 7.45. The summed E-state index contributed by atoms with van der Waals surface area (Å²) in [4.78, 5) is 27.3. The van der Waals surface area contributed by atoms with Crippen molar-refractivity contribution >= 4 is 39.6 Å². The van der Waals surface area contributed by atoms with Gasteiger partial charge in [-0.05, 0) is 41.8 Å². The fourth-order valence-electron chi connectivity index (χ4n) is 2.61. The molecule has 0 unspecified atom stereocenters. The van der Waals surface area contributed by atoms with E-state index in [2.05, 4.69) is 10.6 Å². The average Bonchev–Trinajstić information content (AvgIpc) is 3.26. The van der Waals surface area contributed by atoms with E-state index in [1.54, 1.807) is 16.2 Å². The van der Waals surface area contributed by atoms with Crippen molar-refractivity contribution in [1.29, 1.82) is 0 Å². The number of amides is 3. The molecule has 0 spiro atoms. The predicted octanol–water partition coefficient (Wildman–Crippen LogP) is 3.37. The SMILES string of the molecule is O=C(NCc1cccs1)C1CCN(C(=O)Nc2cccs2)CC1. The van der Waals surface area contributed by atoms with E-state index < -0.39 is 0 Å². The number of anilines is 1. The van der Waals surface area contributed by atoms with Crippen LogP contribution in [0.2, 0.25) is 0 Å². The van der Waals surface area contributed by atoms with Crippen molar-refractivity contribution in [2.75, 3.05) is 18.4 Å². The summed E-state index contributed by atoms with van der Waals surface area (Å²) in [6.45, 7) is 1.83. The number of piperidine rings is 1. The van der Waals surface area contributed by atoms with Gasteiger partial charge in [-0.1, -0.05) is 6.07 Å². The minimum atomic E-state index is -0.0788. The summed E-state index contributed by atoms with van der Waals surface area (Å²) in [6.07, 6.45) is 1.43. The highest BCUT2D eigenvalue weighted by atomic mass is 32.1. The molecule has 122 valence electrons. The van der Waals surface area contributed by atoms with E-state index >= 15 is 0 Å². The molecule has 0 aliphatic carbocycles. The number of hydrogen-bond acceptors (Lipinski definition) is 4. The van der Waals surface area contributed by atoms with Crippen molar-refractivity contribution in [3.8, 4) is 0 Å². The Bertz CT molecular complexity index is 632. The summed E-state index contributed by atoms with van der Waals surface area (Å²) in [7, 11) is 0. The Morgan fingerprint density at radius 1 is 1.13 bits per heavy atom. The number of hydrogen-bond donors (Lipinski definition) is 2. The molecule has 0 atom stereocenters. The van der Waals surface area contributed by atoms with E-state index in [0.29, 0.717) is 32.5 Å². The first kappa shape index (κ1) is 16.0. The minimum Gasteiger partial charge on any atom is -0.351 e. The van der Waals surface area contributed by atoms with Crippen molar-refractivity contribution < 1.29 is 9.59 Å². The normalized spacial score (nSPS) is 15.4. The molecular formula is C16H19N3O2S2. The Morgan fingerprint density at radius 3 is 2.52 bits per heavy atom. The molecule has 2 aromatic rings. The minimum absolute atomic E-state index is 0.000694. The Hall–Kier alpha value is -1.86. The summed E-state index contributed by atoms with van der Waals surface area (Å²) >= 11 is 3.15. The van der Waals surface area contributed by atoms with Gasteiger partial charge in [0.25, 0.3) is 0 Å². The van der Waals surface area contributed by atoms with Gasteiger partial charge >= 0.3 is 6.03 Å². The lowest BCUT2D eigenvalue weighted by atomic mass is 9.96. The second kappa shape index (κ2) is 7.61. The number of nitrogens with zero attached hydrogens (tertiary/aromatic N) is 1. The third-order valence-corrected chi connectivity index (χ3v) is 5.58. The maximum atomic E-state index is 12.2. The van der Waals surface area contributed by atoms with Crippen LogP contribution in [0.15, 0.2) is 35.0 Å². The molecule has 0 radical (unpaired) electrons. The van der Waals surface area contributed by atoms with Crippen molar-refractivity contribution in [1.82, 2.24) is 10.2 Å². The van der Waals surface area contributed by atoms with Gasteiger partial charge in [-0.2, -0.15) is 0 Å². The van der Waals surface area contributed by atoms with Crippen LogP contribution in [-0.2, 0) is 11.3 Å². The smallest absolute Gasteiger partial charge is 0.322 e. The molecule has 3 rings (SSSR count). The highest BCUT2D eigenvalue weighted by Gasteiger charge is 2.27. The molecule has 0 saturated carbocycles. The first-order valence-corrected chi connectivity index (χ1v) is 9.38. The summed E-state index contributed by atoms with van der Waals surface area (Å²) in [6, 6.07) is 7.71. The van der Waals surface area contributed by atoms with Gasteiger partial charge in [0.2, 0.25) is 5.91 Å². The molecule has 3 amide bonds. The van der Waals surface area contributed by atoms with E-state index in [0.717, 1.165) is 9.88 Å². The van der Waals surface area contributed by atoms with Gasteiger partial charge in [-0.3, -0.25) is 10.1 Å². The highest BCUT2D eigenvalue weighted by Crippen LogP contribution is 2.20. The number of rotatable bonds is 4. The maximum Gasteiger partial charge on any atom is 0.322 e. The van der Waals surface area contributed by atoms with E-state index in [1.165, 1.54) is 11.3 Å².